The lowest BCUT2D eigenvalue weighted by Crippen LogP contribution is -2.31. The normalized spacial score (nSPS) is 14.9. The fourth-order valence-corrected chi connectivity index (χ4v) is 2.05. The highest BCUT2D eigenvalue weighted by molar-refractivity contribution is 8.00. The summed E-state index contributed by atoms with van der Waals surface area (Å²) in [5, 5.41) is 17.7. The van der Waals surface area contributed by atoms with Crippen LogP contribution >= 0.6 is 11.8 Å². The quantitative estimate of drug-likeness (QED) is 0.617. The van der Waals surface area contributed by atoms with Gasteiger partial charge in [-0.3, -0.25) is 0 Å². The molecule has 0 amide bonds. The summed E-state index contributed by atoms with van der Waals surface area (Å²) >= 11 is 1.43. The molecule has 0 aliphatic rings. The molecule has 13 heavy (non-hydrogen) atoms. The number of hydrogen-bond donors (Lipinski definition) is 2. The summed E-state index contributed by atoms with van der Waals surface area (Å²) in [6.07, 6.45) is 2.04. The number of rotatable bonds is 7. The predicted molar refractivity (Wildman–Crippen MR) is 55.0 cm³/mol. The van der Waals surface area contributed by atoms with Gasteiger partial charge in [-0.15, -0.1) is 6.58 Å². The summed E-state index contributed by atoms with van der Waals surface area (Å²) in [7, 11) is 0. The second-order valence-corrected chi connectivity index (χ2v) is 4.00. The van der Waals surface area contributed by atoms with Gasteiger partial charge in [0, 0.05) is 11.0 Å². The van der Waals surface area contributed by atoms with Crippen LogP contribution < -0.4 is 0 Å². The average Bonchev–Trinajstić information content (AvgIpc) is 2.11. The standard InChI is InChI=1S/C9H16O3S/c1-3-5-7(13-6-4-2)8(10)9(11)12/h4,7-8,10H,2-3,5-6H2,1H3,(H,11,12)/t7-,8-/m1/s1. The molecule has 0 saturated heterocycles. The molecule has 2 atom stereocenters. The minimum Gasteiger partial charge on any atom is -0.479 e. The van der Waals surface area contributed by atoms with Gasteiger partial charge in [0.2, 0.25) is 0 Å². The van der Waals surface area contributed by atoms with Crippen molar-refractivity contribution < 1.29 is 15.0 Å². The minimum absolute atomic E-state index is 0.222. The fourth-order valence-electron chi connectivity index (χ4n) is 0.968. The maximum Gasteiger partial charge on any atom is 0.333 e. The van der Waals surface area contributed by atoms with E-state index in [1.165, 1.54) is 11.8 Å². The zero-order chi connectivity index (χ0) is 10.3. The topological polar surface area (TPSA) is 57.5 Å². The number of hydrogen-bond acceptors (Lipinski definition) is 3. The molecule has 0 saturated carbocycles. The van der Waals surface area contributed by atoms with E-state index in [0.717, 1.165) is 6.42 Å². The molecule has 3 nitrogen and oxygen atoms in total. The molecule has 4 heteroatoms. The van der Waals surface area contributed by atoms with Crippen molar-refractivity contribution in [2.75, 3.05) is 5.75 Å². The number of aliphatic carboxylic acids is 1. The highest BCUT2D eigenvalue weighted by atomic mass is 32.2. The van der Waals surface area contributed by atoms with Crippen LogP contribution in [0.2, 0.25) is 0 Å². The molecule has 2 N–H and O–H groups in total. The predicted octanol–water partition coefficient (Wildman–Crippen LogP) is 1.52. The number of carbonyl (C=O) groups is 1. The summed E-state index contributed by atoms with van der Waals surface area (Å²) in [5.41, 5.74) is 0. The van der Waals surface area contributed by atoms with Gasteiger partial charge in [0.1, 0.15) is 0 Å². The summed E-state index contributed by atoms with van der Waals surface area (Å²) < 4.78 is 0. The summed E-state index contributed by atoms with van der Waals surface area (Å²) in [5.74, 6) is -0.468. The monoisotopic (exact) mass is 204 g/mol. The van der Waals surface area contributed by atoms with Crippen molar-refractivity contribution >= 4 is 17.7 Å². The van der Waals surface area contributed by atoms with E-state index < -0.39 is 12.1 Å². The lowest BCUT2D eigenvalue weighted by Gasteiger charge is -2.17. The van der Waals surface area contributed by atoms with Crippen LogP contribution in [0, 0.1) is 0 Å². The van der Waals surface area contributed by atoms with Gasteiger partial charge >= 0.3 is 5.97 Å². The van der Waals surface area contributed by atoms with E-state index in [2.05, 4.69) is 6.58 Å². The minimum atomic E-state index is -1.26. The first-order chi connectivity index (χ1) is 6.13. The van der Waals surface area contributed by atoms with Crippen molar-refractivity contribution in [1.29, 1.82) is 0 Å². The van der Waals surface area contributed by atoms with Gasteiger partial charge in [0.05, 0.1) is 0 Å². The van der Waals surface area contributed by atoms with E-state index in [0.29, 0.717) is 12.2 Å². The van der Waals surface area contributed by atoms with Crippen molar-refractivity contribution in [2.24, 2.45) is 0 Å². The molecule has 0 rings (SSSR count). The Bertz CT molecular complexity index is 170. The number of carboxylic acids is 1. The van der Waals surface area contributed by atoms with E-state index in [9.17, 15) is 9.90 Å². The molecule has 0 aromatic carbocycles. The second kappa shape index (κ2) is 6.97. The third-order valence-electron chi connectivity index (χ3n) is 1.61. The third kappa shape index (κ3) is 4.95. The Labute approximate surface area is 82.8 Å². The first-order valence-electron chi connectivity index (χ1n) is 4.26. The zero-order valence-electron chi connectivity index (χ0n) is 7.77. The van der Waals surface area contributed by atoms with Crippen LogP contribution in [0.25, 0.3) is 0 Å². The maximum absolute atomic E-state index is 10.5. The van der Waals surface area contributed by atoms with Crippen molar-refractivity contribution in [3.05, 3.63) is 12.7 Å². The lowest BCUT2D eigenvalue weighted by molar-refractivity contribution is -0.146. The number of carboxylic acid groups (broad SMARTS) is 1. The maximum atomic E-state index is 10.5. The third-order valence-corrected chi connectivity index (χ3v) is 2.96. The lowest BCUT2D eigenvalue weighted by atomic mass is 10.1. The van der Waals surface area contributed by atoms with Gasteiger partial charge in [0.15, 0.2) is 6.10 Å². The van der Waals surface area contributed by atoms with Gasteiger partial charge < -0.3 is 10.2 Å². The average molecular weight is 204 g/mol. The largest absolute Gasteiger partial charge is 0.479 e. The van der Waals surface area contributed by atoms with Gasteiger partial charge in [-0.25, -0.2) is 4.79 Å². The molecule has 0 aromatic heterocycles. The number of aliphatic hydroxyl groups excluding tert-OH is 1. The summed E-state index contributed by atoms with van der Waals surface area (Å²) in [6, 6.07) is 0. The Hall–Kier alpha value is -0.480. The van der Waals surface area contributed by atoms with Crippen LogP contribution in [0.1, 0.15) is 19.8 Å². The highest BCUT2D eigenvalue weighted by Crippen LogP contribution is 2.20. The molecule has 0 bridgehead atoms. The van der Waals surface area contributed by atoms with Crippen LogP contribution in [0.3, 0.4) is 0 Å². The SMILES string of the molecule is C=CCS[C@H](CCC)[C@@H](O)C(=O)O. The Balaban J connectivity index is 4.05. The highest BCUT2D eigenvalue weighted by Gasteiger charge is 2.24. The number of thioether (sulfide) groups is 1. The van der Waals surface area contributed by atoms with E-state index in [4.69, 9.17) is 5.11 Å². The molecule has 0 heterocycles. The Morgan fingerprint density at radius 1 is 1.69 bits per heavy atom. The molecular weight excluding hydrogens is 188 g/mol. The molecular formula is C9H16O3S. The van der Waals surface area contributed by atoms with Crippen LogP contribution in [-0.2, 0) is 4.79 Å². The summed E-state index contributed by atoms with van der Waals surface area (Å²) in [6.45, 7) is 5.52. The van der Waals surface area contributed by atoms with E-state index in [-0.39, 0.29) is 5.25 Å². The van der Waals surface area contributed by atoms with Gasteiger partial charge in [-0.2, -0.15) is 11.8 Å². The molecule has 0 aliphatic heterocycles. The van der Waals surface area contributed by atoms with Crippen molar-refractivity contribution in [1.82, 2.24) is 0 Å². The number of aliphatic hydroxyl groups is 1. The van der Waals surface area contributed by atoms with Gasteiger partial charge in [0.25, 0.3) is 0 Å². The van der Waals surface area contributed by atoms with Crippen molar-refractivity contribution in [3.63, 3.8) is 0 Å². The smallest absolute Gasteiger partial charge is 0.333 e. The molecule has 0 aromatic rings. The Morgan fingerprint density at radius 3 is 2.69 bits per heavy atom. The van der Waals surface area contributed by atoms with Crippen LogP contribution in [0.5, 0.6) is 0 Å². The second-order valence-electron chi connectivity index (χ2n) is 2.73. The van der Waals surface area contributed by atoms with Crippen LogP contribution in [0.15, 0.2) is 12.7 Å². The molecule has 76 valence electrons. The van der Waals surface area contributed by atoms with Gasteiger partial charge in [-0.05, 0) is 6.42 Å². The van der Waals surface area contributed by atoms with Crippen LogP contribution in [0.4, 0.5) is 0 Å². The molecule has 0 unspecified atom stereocenters. The first-order valence-corrected chi connectivity index (χ1v) is 5.31. The Kier molecular flexibility index (Phi) is 6.72. The fraction of sp³-hybridized carbons (Fsp3) is 0.667. The van der Waals surface area contributed by atoms with Gasteiger partial charge in [-0.1, -0.05) is 19.4 Å². The molecule has 0 fully saturated rings. The van der Waals surface area contributed by atoms with E-state index in [1.54, 1.807) is 6.08 Å². The zero-order valence-corrected chi connectivity index (χ0v) is 8.59. The molecule has 0 spiro atoms. The van der Waals surface area contributed by atoms with Crippen LogP contribution in [-0.4, -0.2) is 33.3 Å². The summed E-state index contributed by atoms with van der Waals surface area (Å²) in [4.78, 5) is 10.5. The molecule has 0 aliphatic carbocycles. The Morgan fingerprint density at radius 2 is 2.31 bits per heavy atom. The van der Waals surface area contributed by atoms with Crippen molar-refractivity contribution in [3.8, 4) is 0 Å². The first kappa shape index (κ1) is 12.5. The van der Waals surface area contributed by atoms with E-state index in [1.807, 2.05) is 6.92 Å². The van der Waals surface area contributed by atoms with E-state index >= 15 is 0 Å². The van der Waals surface area contributed by atoms with Crippen molar-refractivity contribution in [2.45, 2.75) is 31.1 Å². The molecule has 0 radical (unpaired) electrons.